The number of phenols is 1. The average molecular weight is 1190 g/mol. The van der Waals surface area contributed by atoms with Crippen LogP contribution in [0.25, 0.3) is 0 Å². The molecule has 3 aliphatic rings. The van der Waals surface area contributed by atoms with Gasteiger partial charge in [-0.2, -0.15) is 0 Å². The zero-order valence-corrected chi connectivity index (χ0v) is 48.3. The molecule has 84 heavy (non-hydrogen) atoms. The second kappa shape index (κ2) is 33.2. The van der Waals surface area contributed by atoms with Crippen molar-refractivity contribution < 1.29 is 89.6 Å². The Morgan fingerprint density at radius 1 is 0.690 bits per heavy atom. The number of nitrogens with one attached hydrogen (secondary N) is 6. The Morgan fingerprint density at radius 2 is 1.31 bits per heavy atom. The van der Waals surface area contributed by atoms with Gasteiger partial charge in [-0.25, -0.2) is 0 Å². The molecule has 0 spiro atoms. The minimum atomic E-state index is -2.33. The van der Waals surface area contributed by atoms with Crippen molar-refractivity contribution in [1.29, 1.82) is 0 Å². The lowest BCUT2D eigenvalue weighted by Gasteiger charge is -2.34. The van der Waals surface area contributed by atoms with Gasteiger partial charge in [0.15, 0.2) is 6.23 Å². The number of carbonyl (C=O) groups excluding carboxylic acids is 7. The number of benzene rings is 2. The van der Waals surface area contributed by atoms with Crippen molar-refractivity contribution in [2.24, 2.45) is 11.8 Å². The number of aromatic hydroxyl groups is 1. The van der Waals surface area contributed by atoms with Gasteiger partial charge in [0.1, 0.15) is 60.3 Å². The Balaban J connectivity index is 1.46. The first-order valence-electron chi connectivity index (χ1n) is 29.3. The third-order valence-corrected chi connectivity index (χ3v) is 16.1. The van der Waals surface area contributed by atoms with Crippen molar-refractivity contribution in [2.75, 3.05) is 19.6 Å². The van der Waals surface area contributed by atoms with Crippen LogP contribution < -0.4 is 37.4 Å². The van der Waals surface area contributed by atoms with Gasteiger partial charge in [-0.15, -0.1) is 0 Å². The summed E-state index contributed by atoms with van der Waals surface area (Å²) in [5.74, 6) is -7.04. The van der Waals surface area contributed by atoms with E-state index >= 15 is 0 Å². The summed E-state index contributed by atoms with van der Waals surface area (Å²) in [5, 5.41) is 135. The minimum Gasteiger partial charge on any atom is -0.508 e. The summed E-state index contributed by atoms with van der Waals surface area (Å²) in [6.45, 7) is 6.95. The zero-order valence-electron chi connectivity index (χ0n) is 48.3. The van der Waals surface area contributed by atoms with Gasteiger partial charge in [-0.1, -0.05) is 102 Å². The van der Waals surface area contributed by atoms with E-state index in [9.17, 15) is 89.6 Å². The summed E-state index contributed by atoms with van der Waals surface area (Å²) in [6, 6.07) is -0.804. The molecule has 27 heteroatoms. The molecule has 0 aliphatic carbocycles. The Kier molecular flexibility index (Phi) is 27.2. The van der Waals surface area contributed by atoms with E-state index in [-0.39, 0.29) is 55.7 Å². The number of rotatable bonds is 24. The number of aliphatic hydroxyl groups is 8. The molecule has 7 amide bonds. The molecule has 3 aliphatic heterocycles. The molecule has 5 rings (SSSR count). The minimum absolute atomic E-state index is 0.0668. The fraction of sp³-hybridized carbons (Fsp3) is 0.667. The van der Waals surface area contributed by atoms with Gasteiger partial charge in [-0.3, -0.25) is 33.6 Å². The highest BCUT2D eigenvalue weighted by atomic mass is 16.4. The number of hydrogen-bond donors (Lipinski definition) is 17. The molecule has 0 radical (unpaired) electrons. The quantitative estimate of drug-likeness (QED) is 0.0361. The number of carbonyl (C=O) groups is 7. The molecule has 2 aromatic carbocycles. The molecular formula is C57H89BN8O18. The van der Waals surface area contributed by atoms with Crippen LogP contribution in [0.5, 0.6) is 5.75 Å². The van der Waals surface area contributed by atoms with E-state index in [2.05, 4.69) is 52.7 Å². The molecule has 0 aromatic heterocycles. The number of amides is 7. The smallest absolute Gasteiger partial charge is 0.488 e. The van der Waals surface area contributed by atoms with Crippen LogP contribution in [0.1, 0.15) is 135 Å². The van der Waals surface area contributed by atoms with Gasteiger partial charge < -0.3 is 97.7 Å². The fourth-order valence-corrected chi connectivity index (χ4v) is 10.9. The summed E-state index contributed by atoms with van der Waals surface area (Å²) in [5.41, 5.74) is 0.807. The van der Waals surface area contributed by atoms with E-state index in [0.717, 1.165) is 67.4 Å². The predicted molar refractivity (Wildman–Crippen MR) is 304 cm³/mol. The Hall–Kier alpha value is -5.85. The Bertz CT molecular complexity index is 2460. The van der Waals surface area contributed by atoms with Crippen LogP contribution in [0, 0.1) is 11.8 Å². The van der Waals surface area contributed by atoms with E-state index in [1.807, 2.05) is 0 Å². The molecule has 3 heterocycles. The monoisotopic (exact) mass is 1180 g/mol. The van der Waals surface area contributed by atoms with Crippen molar-refractivity contribution in [2.45, 2.75) is 209 Å². The third-order valence-electron chi connectivity index (χ3n) is 16.1. The van der Waals surface area contributed by atoms with Crippen molar-refractivity contribution in [3.63, 3.8) is 0 Å². The fourth-order valence-electron chi connectivity index (χ4n) is 10.9. The summed E-state index contributed by atoms with van der Waals surface area (Å²) in [6.07, 6.45) is -8.97. The first kappa shape index (κ1) is 68.9. The summed E-state index contributed by atoms with van der Waals surface area (Å²) < 4.78 is 0. The number of hydrogen-bond acceptors (Lipinski definition) is 19. The first-order chi connectivity index (χ1) is 39.8. The number of unbranched alkanes of at least 4 members (excludes halogenated alkanes) is 5. The average Bonchev–Trinajstić information content (AvgIpc) is 3.46. The van der Waals surface area contributed by atoms with Crippen molar-refractivity contribution >= 4 is 53.9 Å². The van der Waals surface area contributed by atoms with Crippen LogP contribution in [0.4, 0.5) is 0 Å². The molecule has 468 valence electrons. The molecule has 0 unspecified atom stereocenters. The lowest BCUT2D eigenvalue weighted by atomic mass is 9.80. The maximum atomic E-state index is 14.8. The van der Waals surface area contributed by atoms with E-state index < -0.39 is 153 Å². The van der Waals surface area contributed by atoms with Crippen molar-refractivity contribution in [3.8, 4) is 5.75 Å². The molecular weight excluding hydrogens is 1100 g/mol. The number of nitrogens with zero attached hydrogens (tertiary/aromatic N) is 2. The topological polar surface area (TPSA) is 421 Å². The van der Waals surface area contributed by atoms with E-state index in [1.165, 1.54) is 30.7 Å². The Labute approximate surface area is 489 Å². The van der Waals surface area contributed by atoms with Crippen molar-refractivity contribution in [1.82, 2.24) is 41.7 Å². The molecule has 17 N–H and O–H groups in total. The maximum Gasteiger partial charge on any atom is 0.488 e. The standard InChI is InChI=1S/C57H89BN8O18/c1-5-31(2)26-32(3)12-10-8-6-7-9-11-13-44(73)60-39-28-43(72)53(78)64-55(80)48-42(71)23-25-65(48)57(82)46(41(70)22-24-59-29-34-14-18-36(19-15-34)58(83)84)62-54(79)47(50(75)49(74)35-16-20-37(68)21-17-35)63-52(77)40-27-38(69)30-66(40)56(81)45(33(4)67)61-51(39)76/h14-21,31-33,38-43,45-50,53,59,67-72,74-75,78,83-84H,5-13,22-30H2,1-4H3,(H,60,73)(H,61,76)(H,62,79)(H,63,77)(H,64,80)/t31-,32+,33+,38+,39-,40-,41+,42-,43+,45-,46-,47-,48-,49-,50-,53+/m0/s1. The van der Waals surface area contributed by atoms with Crippen LogP contribution >= 0.6 is 0 Å². The number of phenolic OH excluding ortho intramolecular Hbond substituents is 1. The summed E-state index contributed by atoms with van der Waals surface area (Å²) in [7, 11) is -1.71. The molecule has 3 fully saturated rings. The normalized spacial score (nSPS) is 27.2. The zero-order chi connectivity index (χ0) is 61.9. The predicted octanol–water partition coefficient (Wildman–Crippen LogP) is -3.36. The van der Waals surface area contributed by atoms with Crippen LogP contribution in [0.3, 0.4) is 0 Å². The summed E-state index contributed by atoms with van der Waals surface area (Å²) in [4.78, 5) is 102. The van der Waals surface area contributed by atoms with Crippen molar-refractivity contribution in [3.05, 3.63) is 59.7 Å². The number of aliphatic hydroxyl groups excluding tert-OH is 8. The van der Waals surface area contributed by atoms with Gasteiger partial charge >= 0.3 is 7.12 Å². The van der Waals surface area contributed by atoms with E-state index in [4.69, 9.17) is 0 Å². The Morgan fingerprint density at radius 3 is 1.95 bits per heavy atom. The summed E-state index contributed by atoms with van der Waals surface area (Å²) >= 11 is 0. The highest BCUT2D eigenvalue weighted by Crippen LogP contribution is 2.27. The molecule has 2 aromatic rings. The van der Waals surface area contributed by atoms with Crippen LogP contribution in [-0.2, 0) is 40.1 Å². The van der Waals surface area contributed by atoms with E-state index in [1.54, 1.807) is 12.1 Å². The van der Waals surface area contributed by atoms with Gasteiger partial charge in [-0.05, 0) is 79.7 Å². The van der Waals surface area contributed by atoms with Gasteiger partial charge in [0.25, 0.3) is 0 Å². The first-order valence-corrected chi connectivity index (χ1v) is 29.3. The number of fused-ring (bicyclic) bond motifs is 2. The molecule has 16 atom stereocenters. The molecule has 3 saturated heterocycles. The molecule has 0 bridgehead atoms. The highest BCUT2D eigenvalue weighted by Gasteiger charge is 2.49. The molecule has 0 saturated carbocycles. The van der Waals surface area contributed by atoms with Gasteiger partial charge in [0.05, 0.1) is 24.4 Å². The largest absolute Gasteiger partial charge is 0.508 e. The second-order valence-corrected chi connectivity index (χ2v) is 23.0. The van der Waals surface area contributed by atoms with Crippen LogP contribution in [0.15, 0.2) is 48.5 Å². The highest BCUT2D eigenvalue weighted by molar-refractivity contribution is 6.58. The lowest BCUT2D eigenvalue weighted by molar-refractivity contribution is -0.149. The van der Waals surface area contributed by atoms with E-state index in [0.29, 0.717) is 30.2 Å². The van der Waals surface area contributed by atoms with Gasteiger partial charge in [0.2, 0.25) is 41.4 Å². The maximum absolute atomic E-state index is 14.8. The van der Waals surface area contributed by atoms with Gasteiger partial charge in [0, 0.05) is 38.9 Å². The third kappa shape index (κ3) is 19.9. The lowest BCUT2D eigenvalue weighted by Crippen LogP contribution is -2.64. The second-order valence-electron chi connectivity index (χ2n) is 23.0. The SMILES string of the molecule is CC[C@H](C)C[C@H](C)CCCCCCCCC(=O)N[C@H]1C[C@@H](O)[C@@H](O)NC(=O)[C@@H]2[C@@H](O)CCN2C(=O)[C@H]([C@H](O)CCNCc2ccc(B(O)O)cc2)NC(=O)[C@H]([C@H](O)[C@@H](O)c2ccc(O)cc2)NC(=O)[C@@H]2C[C@@H](O)CN2C(=O)[C@H]([C@@H](C)O)NC1=O. The van der Waals surface area contributed by atoms with Crippen LogP contribution in [-0.4, -0.2) is 213 Å². The van der Waals surface area contributed by atoms with Crippen LogP contribution in [0.2, 0.25) is 0 Å². The molecule has 26 nitrogen and oxygen atoms in total.